The van der Waals surface area contributed by atoms with Gasteiger partial charge in [0.1, 0.15) is 17.2 Å². The Kier molecular flexibility index (Phi) is 2.81. The van der Waals surface area contributed by atoms with Gasteiger partial charge in [-0.2, -0.15) is 0 Å². The predicted octanol–water partition coefficient (Wildman–Crippen LogP) is 3.03. The summed E-state index contributed by atoms with van der Waals surface area (Å²) in [6, 6.07) is 2.42. The number of ether oxygens (including phenoxy) is 1. The summed E-state index contributed by atoms with van der Waals surface area (Å²) in [5.74, 6) is -2.43. The lowest BCUT2D eigenvalue weighted by Gasteiger charge is -2.21. The van der Waals surface area contributed by atoms with Crippen LogP contribution in [0.3, 0.4) is 0 Å². The average Bonchev–Trinajstić information content (AvgIpc) is 2.45. The fourth-order valence-electron chi connectivity index (χ4n) is 2.85. The van der Waals surface area contributed by atoms with Crippen LogP contribution in [0.5, 0.6) is 11.5 Å². The van der Waals surface area contributed by atoms with Crippen LogP contribution in [0.15, 0.2) is 23.1 Å². The molecule has 2 aromatic rings. The maximum absolute atomic E-state index is 12.4. The van der Waals surface area contributed by atoms with Crippen LogP contribution in [0, 0.1) is 11.8 Å². The van der Waals surface area contributed by atoms with E-state index in [0.29, 0.717) is 5.56 Å². The fraction of sp³-hybridized carbons (Fsp3) is 0.133. The number of aliphatic hydroxyl groups is 1. The Morgan fingerprint density at radius 1 is 1.05 bits per heavy atom. The maximum atomic E-state index is 12.4. The van der Waals surface area contributed by atoms with E-state index in [1.807, 2.05) is 0 Å². The summed E-state index contributed by atoms with van der Waals surface area (Å²) >= 11 is 0. The lowest BCUT2D eigenvalue weighted by Crippen LogP contribution is -2.15. The van der Waals surface area contributed by atoms with Gasteiger partial charge in [0.2, 0.25) is 11.5 Å². The number of carbonyl (C=O) groups excluding carboxylic acids is 1. The van der Waals surface area contributed by atoms with E-state index in [9.17, 15) is 25.0 Å². The largest absolute Gasteiger partial charge is 0.507 e. The average molecular weight is 301 g/mol. The molecule has 0 atom stereocenters. The van der Waals surface area contributed by atoms with E-state index in [-0.39, 0.29) is 33.3 Å². The molecule has 0 fully saturated rings. The lowest BCUT2D eigenvalue weighted by atomic mass is 9.86. The summed E-state index contributed by atoms with van der Waals surface area (Å²) in [4.78, 5) is 23.5. The zero-order valence-corrected chi connectivity index (χ0v) is 11.7. The SMILES string of the molecule is COC1=C(O)c2c(N=O)cc(C)c3c(O)cc(O)c(c23)C1=O. The molecule has 22 heavy (non-hydrogen) atoms. The third-order valence-electron chi connectivity index (χ3n) is 3.73. The Bertz CT molecular complexity index is 897. The molecular weight excluding hydrogens is 290 g/mol. The molecule has 0 aromatic heterocycles. The topological polar surface area (TPSA) is 116 Å². The van der Waals surface area contributed by atoms with Crippen molar-refractivity contribution in [3.8, 4) is 11.5 Å². The molecule has 0 bridgehead atoms. The van der Waals surface area contributed by atoms with Crippen molar-refractivity contribution in [2.45, 2.75) is 6.92 Å². The molecule has 0 unspecified atom stereocenters. The van der Waals surface area contributed by atoms with E-state index in [1.54, 1.807) is 6.92 Å². The number of aliphatic hydroxyl groups excluding tert-OH is 1. The molecule has 1 aliphatic carbocycles. The molecule has 0 saturated carbocycles. The van der Waals surface area contributed by atoms with Gasteiger partial charge in [-0.3, -0.25) is 4.79 Å². The van der Waals surface area contributed by atoms with Crippen molar-refractivity contribution in [1.82, 2.24) is 0 Å². The van der Waals surface area contributed by atoms with Gasteiger partial charge in [-0.1, -0.05) is 0 Å². The van der Waals surface area contributed by atoms with Gasteiger partial charge in [0.15, 0.2) is 5.76 Å². The van der Waals surface area contributed by atoms with Gasteiger partial charge in [0.25, 0.3) is 0 Å². The number of nitrogens with zero attached hydrogens (tertiary/aromatic N) is 1. The van der Waals surface area contributed by atoms with E-state index >= 15 is 0 Å². The van der Waals surface area contributed by atoms with Crippen molar-refractivity contribution in [3.05, 3.63) is 39.5 Å². The molecule has 2 aromatic carbocycles. The number of methoxy groups -OCH3 is 1. The zero-order valence-electron chi connectivity index (χ0n) is 11.7. The van der Waals surface area contributed by atoms with Crippen molar-refractivity contribution in [1.29, 1.82) is 0 Å². The number of allylic oxidation sites excluding steroid dienone is 1. The number of hydrogen-bond donors (Lipinski definition) is 3. The summed E-state index contributed by atoms with van der Waals surface area (Å²) in [7, 11) is 1.19. The first-order chi connectivity index (χ1) is 10.4. The molecule has 0 aliphatic heterocycles. The lowest BCUT2D eigenvalue weighted by molar-refractivity contribution is 0.0947. The predicted molar refractivity (Wildman–Crippen MR) is 78.4 cm³/mol. The Morgan fingerprint density at radius 2 is 1.73 bits per heavy atom. The van der Waals surface area contributed by atoms with Crippen molar-refractivity contribution in [2.24, 2.45) is 5.18 Å². The summed E-state index contributed by atoms with van der Waals surface area (Å²) in [6.45, 7) is 1.62. The van der Waals surface area contributed by atoms with Gasteiger partial charge >= 0.3 is 0 Å². The number of benzene rings is 2. The molecule has 7 heteroatoms. The van der Waals surface area contributed by atoms with Crippen LogP contribution in [0.4, 0.5) is 5.69 Å². The second kappa shape index (κ2) is 4.45. The molecule has 112 valence electrons. The molecule has 1 aliphatic rings. The van der Waals surface area contributed by atoms with Gasteiger partial charge in [-0.15, -0.1) is 4.91 Å². The standard InChI is InChI=1S/C15H11NO6/c1-5-3-6(16-21)10-12-9(5)7(17)4-8(18)11(12)14(20)15(22-2)13(10)19/h3-4,17-19H,1-2H3. The maximum Gasteiger partial charge on any atom is 0.235 e. The van der Waals surface area contributed by atoms with Crippen molar-refractivity contribution in [2.75, 3.05) is 7.11 Å². The van der Waals surface area contributed by atoms with Gasteiger partial charge in [-0.25, -0.2) is 0 Å². The highest BCUT2D eigenvalue weighted by atomic mass is 16.5. The minimum atomic E-state index is -0.738. The number of Topliss-reactive ketones (excluding diaryl/α,β-unsaturated/α-hetero) is 1. The fourth-order valence-corrected chi connectivity index (χ4v) is 2.85. The van der Waals surface area contributed by atoms with Gasteiger partial charge in [-0.05, 0) is 23.7 Å². The number of phenols is 2. The Balaban J connectivity index is 2.68. The first-order valence-electron chi connectivity index (χ1n) is 6.30. The van der Waals surface area contributed by atoms with Crippen LogP contribution >= 0.6 is 0 Å². The summed E-state index contributed by atoms with van der Waals surface area (Å²) in [6.07, 6.45) is 0. The number of rotatable bonds is 2. The number of phenolic OH excluding ortho intramolecular Hbond substituents is 2. The molecular formula is C15H11NO6. The molecule has 0 saturated heterocycles. The highest BCUT2D eigenvalue weighted by Crippen LogP contribution is 2.47. The Hall–Kier alpha value is -3.09. The van der Waals surface area contributed by atoms with Crippen LogP contribution in [0.25, 0.3) is 16.5 Å². The van der Waals surface area contributed by atoms with Gasteiger partial charge in [0, 0.05) is 16.8 Å². The number of carbonyl (C=O) groups is 1. The molecule has 3 N–H and O–H groups in total. The number of aryl methyl sites for hydroxylation is 1. The van der Waals surface area contributed by atoms with Crippen molar-refractivity contribution >= 4 is 28.0 Å². The third kappa shape index (κ3) is 1.53. The number of aromatic hydroxyl groups is 2. The first-order valence-corrected chi connectivity index (χ1v) is 6.30. The molecule has 0 spiro atoms. The molecule has 0 heterocycles. The van der Waals surface area contributed by atoms with Gasteiger partial charge < -0.3 is 20.1 Å². The van der Waals surface area contributed by atoms with Crippen LogP contribution in [-0.4, -0.2) is 28.2 Å². The second-order valence-electron chi connectivity index (χ2n) is 4.93. The van der Waals surface area contributed by atoms with E-state index in [2.05, 4.69) is 5.18 Å². The Morgan fingerprint density at radius 3 is 2.32 bits per heavy atom. The quantitative estimate of drug-likeness (QED) is 0.734. The summed E-state index contributed by atoms with van der Waals surface area (Å²) in [5, 5.41) is 33.5. The highest BCUT2D eigenvalue weighted by molar-refractivity contribution is 6.26. The van der Waals surface area contributed by atoms with E-state index < -0.39 is 23.1 Å². The molecule has 0 amide bonds. The minimum absolute atomic E-state index is 0.0479. The molecule has 7 nitrogen and oxygen atoms in total. The van der Waals surface area contributed by atoms with Crippen LogP contribution in [0.2, 0.25) is 0 Å². The van der Waals surface area contributed by atoms with Crippen LogP contribution in [0.1, 0.15) is 21.5 Å². The van der Waals surface area contributed by atoms with Crippen molar-refractivity contribution < 1.29 is 24.9 Å². The van der Waals surface area contributed by atoms with E-state index in [1.165, 1.54) is 13.2 Å². The number of nitroso groups, excluding NO2 is 1. The second-order valence-corrected chi connectivity index (χ2v) is 4.93. The van der Waals surface area contributed by atoms with Crippen molar-refractivity contribution in [3.63, 3.8) is 0 Å². The first kappa shape index (κ1) is 13.9. The molecule has 0 radical (unpaired) electrons. The van der Waals surface area contributed by atoms with Gasteiger partial charge in [0.05, 0.1) is 18.2 Å². The van der Waals surface area contributed by atoms with E-state index in [0.717, 1.165) is 6.07 Å². The number of ketones is 1. The smallest absolute Gasteiger partial charge is 0.235 e. The van der Waals surface area contributed by atoms with Crippen LogP contribution in [-0.2, 0) is 4.74 Å². The number of hydrogen-bond acceptors (Lipinski definition) is 7. The highest BCUT2D eigenvalue weighted by Gasteiger charge is 2.35. The third-order valence-corrected chi connectivity index (χ3v) is 3.73. The molecule has 3 rings (SSSR count). The zero-order chi connectivity index (χ0) is 16.2. The minimum Gasteiger partial charge on any atom is -0.507 e. The van der Waals surface area contributed by atoms with E-state index in [4.69, 9.17) is 4.74 Å². The monoisotopic (exact) mass is 301 g/mol. The van der Waals surface area contributed by atoms with Crippen LogP contribution < -0.4 is 0 Å². The summed E-state index contributed by atoms with van der Waals surface area (Å²) < 4.78 is 4.88. The normalized spacial score (nSPS) is 13.6. The summed E-state index contributed by atoms with van der Waals surface area (Å²) in [5.41, 5.74) is 0.170. The Labute approximate surface area is 124 Å².